The molecule has 4 nitrogen and oxygen atoms in total. The average Bonchev–Trinajstić information content (AvgIpc) is 2.63. The van der Waals surface area contributed by atoms with Crippen LogP contribution in [0.4, 0.5) is 0 Å². The van der Waals surface area contributed by atoms with E-state index >= 15 is 0 Å². The minimum atomic E-state index is -0.0374. The van der Waals surface area contributed by atoms with Crippen molar-refractivity contribution in [3.8, 4) is 0 Å². The van der Waals surface area contributed by atoms with Gasteiger partial charge in [0.2, 0.25) is 0 Å². The van der Waals surface area contributed by atoms with Gasteiger partial charge in [-0.3, -0.25) is 16.0 Å². The summed E-state index contributed by atoms with van der Waals surface area (Å²) in [7, 11) is 1.88. The van der Waals surface area contributed by atoms with Crippen LogP contribution in [-0.2, 0) is 13.5 Å². The first-order valence-corrected chi connectivity index (χ1v) is 6.68. The summed E-state index contributed by atoms with van der Waals surface area (Å²) in [4.78, 5) is 0. The third-order valence-electron chi connectivity index (χ3n) is 3.13. The van der Waals surface area contributed by atoms with Crippen molar-refractivity contribution in [1.29, 1.82) is 0 Å². The molecule has 2 rings (SSSR count). The Hall–Kier alpha value is -1.07. The summed E-state index contributed by atoms with van der Waals surface area (Å²) in [5, 5.41) is 5.69. The fourth-order valence-electron chi connectivity index (χ4n) is 2.06. The van der Waals surface area contributed by atoms with E-state index in [4.69, 9.17) is 29.0 Å². The molecule has 2 aromatic rings. The summed E-state index contributed by atoms with van der Waals surface area (Å²) >= 11 is 12.1. The van der Waals surface area contributed by atoms with Gasteiger partial charge in [0.05, 0.1) is 22.5 Å². The lowest BCUT2D eigenvalue weighted by Crippen LogP contribution is -2.30. The number of nitrogens with one attached hydrogen (secondary N) is 1. The zero-order chi connectivity index (χ0) is 14.0. The fourth-order valence-corrected chi connectivity index (χ4v) is 2.43. The summed E-state index contributed by atoms with van der Waals surface area (Å²) < 4.78 is 1.79. The highest BCUT2D eigenvalue weighted by Crippen LogP contribution is 2.25. The molecule has 0 fully saturated rings. The van der Waals surface area contributed by atoms with Crippen LogP contribution in [0.2, 0.25) is 10.0 Å². The molecule has 1 heterocycles. The Kier molecular flexibility index (Phi) is 4.47. The summed E-state index contributed by atoms with van der Waals surface area (Å²) in [6.45, 7) is 1.89. The number of benzene rings is 1. The summed E-state index contributed by atoms with van der Waals surface area (Å²) in [6.07, 6.45) is 0.661. The van der Waals surface area contributed by atoms with E-state index in [0.29, 0.717) is 16.5 Å². The van der Waals surface area contributed by atoms with E-state index in [0.717, 1.165) is 17.0 Å². The lowest BCUT2D eigenvalue weighted by molar-refractivity contribution is 0.530. The van der Waals surface area contributed by atoms with Crippen LogP contribution in [0.1, 0.15) is 23.0 Å². The van der Waals surface area contributed by atoms with Gasteiger partial charge in [-0.25, -0.2) is 0 Å². The highest BCUT2D eigenvalue weighted by molar-refractivity contribution is 6.31. The van der Waals surface area contributed by atoms with Crippen molar-refractivity contribution in [2.75, 3.05) is 0 Å². The summed E-state index contributed by atoms with van der Waals surface area (Å²) in [5.74, 6) is 5.64. The maximum atomic E-state index is 6.25. The van der Waals surface area contributed by atoms with Crippen LogP contribution in [-0.4, -0.2) is 9.78 Å². The highest BCUT2D eigenvalue weighted by atomic mass is 35.5. The van der Waals surface area contributed by atoms with Gasteiger partial charge in [0.15, 0.2) is 0 Å². The molecular formula is C13H16Cl2N4. The number of hydrazine groups is 1. The smallest absolute Gasteiger partial charge is 0.0847 e. The average molecular weight is 299 g/mol. The van der Waals surface area contributed by atoms with E-state index in [-0.39, 0.29) is 6.04 Å². The Bertz CT molecular complexity index is 563. The zero-order valence-electron chi connectivity index (χ0n) is 10.8. The van der Waals surface area contributed by atoms with Gasteiger partial charge < -0.3 is 0 Å². The molecule has 6 heteroatoms. The number of rotatable bonds is 4. The molecule has 0 aliphatic carbocycles. The Balaban J connectivity index is 2.26. The molecule has 0 amide bonds. The van der Waals surface area contributed by atoms with Crippen LogP contribution in [0.5, 0.6) is 0 Å². The molecule has 0 aliphatic heterocycles. The molecule has 1 atom stereocenters. The second-order valence-electron chi connectivity index (χ2n) is 4.44. The Labute approximate surface area is 122 Å². The monoisotopic (exact) mass is 298 g/mol. The molecule has 1 unspecified atom stereocenters. The number of nitrogens with two attached hydrogens (primary N) is 1. The molecule has 3 N–H and O–H groups in total. The molecular weight excluding hydrogens is 283 g/mol. The normalized spacial score (nSPS) is 12.7. The van der Waals surface area contributed by atoms with Crippen LogP contribution in [0.15, 0.2) is 24.3 Å². The number of halogens is 2. The largest absolute Gasteiger partial charge is 0.271 e. The maximum absolute atomic E-state index is 6.25. The number of aromatic nitrogens is 2. The molecule has 1 aromatic carbocycles. The van der Waals surface area contributed by atoms with E-state index in [1.54, 1.807) is 4.68 Å². The molecule has 0 saturated carbocycles. The zero-order valence-corrected chi connectivity index (χ0v) is 12.3. The standard InChI is InChI=1S/C13H16Cl2N4/c1-8-13(15)12(19(2)18-8)7-11(17-16)9-3-5-10(14)6-4-9/h3-6,11,17H,7,16H2,1-2H3. The molecule has 1 aromatic heterocycles. The van der Waals surface area contributed by atoms with E-state index in [1.165, 1.54) is 0 Å². The topological polar surface area (TPSA) is 55.9 Å². The predicted molar refractivity (Wildman–Crippen MR) is 78.2 cm³/mol. The van der Waals surface area contributed by atoms with Crippen molar-refractivity contribution in [3.63, 3.8) is 0 Å². The second kappa shape index (κ2) is 5.92. The van der Waals surface area contributed by atoms with Gasteiger partial charge in [-0.05, 0) is 24.6 Å². The second-order valence-corrected chi connectivity index (χ2v) is 5.26. The predicted octanol–water partition coefficient (Wildman–Crippen LogP) is 2.78. The molecule has 0 radical (unpaired) electrons. The third kappa shape index (κ3) is 3.09. The van der Waals surface area contributed by atoms with Gasteiger partial charge in [-0.15, -0.1) is 0 Å². The van der Waals surface area contributed by atoms with Crippen molar-refractivity contribution < 1.29 is 0 Å². The van der Waals surface area contributed by atoms with Gasteiger partial charge >= 0.3 is 0 Å². The summed E-state index contributed by atoms with van der Waals surface area (Å²) in [6, 6.07) is 7.55. The van der Waals surface area contributed by atoms with Gasteiger partial charge in [-0.1, -0.05) is 35.3 Å². The highest BCUT2D eigenvalue weighted by Gasteiger charge is 2.17. The van der Waals surface area contributed by atoms with E-state index in [2.05, 4.69) is 10.5 Å². The number of hydrogen-bond donors (Lipinski definition) is 2. The van der Waals surface area contributed by atoms with Crippen LogP contribution >= 0.6 is 23.2 Å². The number of hydrogen-bond acceptors (Lipinski definition) is 3. The molecule has 0 spiro atoms. The van der Waals surface area contributed by atoms with Gasteiger partial charge in [0.1, 0.15) is 0 Å². The SMILES string of the molecule is Cc1nn(C)c(CC(NN)c2ccc(Cl)cc2)c1Cl. The van der Waals surface area contributed by atoms with Crippen molar-refractivity contribution in [1.82, 2.24) is 15.2 Å². The third-order valence-corrected chi connectivity index (χ3v) is 3.88. The van der Waals surface area contributed by atoms with Crippen LogP contribution in [0, 0.1) is 6.92 Å². The van der Waals surface area contributed by atoms with Gasteiger partial charge in [0.25, 0.3) is 0 Å². The minimum absolute atomic E-state index is 0.0374. The van der Waals surface area contributed by atoms with Crippen LogP contribution in [0.25, 0.3) is 0 Å². The van der Waals surface area contributed by atoms with Crippen LogP contribution in [0.3, 0.4) is 0 Å². The first-order chi connectivity index (χ1) is 9.02. The van der Waals surface area contributed by atoms with Crippen molar-refractivity contribution in [3.05, 3.63) is 51.3 Å². The first kappa shape index (κ1) is 14.3. The van der Waals surface area contributed by atoms with Gasteiger partial charge in [-0.2, -0.15) is 5.10 Å². The molecule has 0 bridgehead atoms. The number of aryl methyl sites for hydroxylation is 2. The fraction of sp³-hybridized carbons (Fsp3) is 0.308. The van der Waals surface area contributed by atoms with E-state index < -0.39 is 0 Å². The van der Waals surface area contributed by atoms with Crippen LogP contribution < -0.4 is 11.3 Å². The number of nitrogens with zero attached hydrogens (tertiary/aromatic N) is 2. The van der Waals surface area contributed by atoms with Gasteiger partial charge in [0, 0.05) is 18.5 Å². The Morgan fingerprint density at radius 2 is 1.95 bits per heavy atom. The molecule has 102 valence electrons. The summed E-state index contributed by atoms with van der Waals surface area (Å²) in [5.41, 5.74) is 5.65. The Morgan fingerprint density at radius 1 is 1.32 bits per heavy atom. The molecule has 0 aliphatic rings. The molecule has 0 saturated heterocycles. The molecule has 19 heavy (non-hydrogen) atoms. The lowest BCUT2D eigenvalue weighted by atomic mass is 10.0. The minimum Gasteiger partial charge on any atom is -0.271 e. The maximum Gasteiger partial charge on any atom is 0.0847 e. The van der Waals surface area contributed by atoms with E-state index in [1.807, 2.05) is 38.2 Å². The van der Waals surface area contributed by atoms with E-state index in [9.17, 15) is 0 Å². The van der Waals surface area contributed by atoms with Crippen molar-refractivity contribution in [2.45, 2.75) is 19.4 Å². The van der Waals surface area contributed by atoms with Crippen molar-refractivity contribution in [2.24, 2.45) is 12.9 Å². The first-order valence-electron chi connectivity index (χ1n) is 5.92. The van der Waals surface area contributed by atoms with Crippen molar-refractivity contribution >= 4 is 23.2 Å². The Morgan fingerprint density at radius 3 is 2.42 bits per heavy atom. The lowest BCUT2D eigenvalue weighted by Gasteiger charge is -2.16. The quantitative estimate of drug-likeness (QED) is 0.674.